The number of aromatic nitrogens is 1. The van der Waals surface area contributed by atoms with E-state index < -0.39 is 5.82 Å². The molecule has 188 valence electrons. The van der Waals surface area contributed by atoms with Gasteiger partial charge in [0.1, 0.15) is 17.6 Å². The number of pyridine rings is 1. The van der Waals surface area contributed by atoms with Crippen LogP contribution in [0.25, 0.3) is 33.3 Å². The summed E-state index contributed by atoms with van der Waals surface area (Å²) in [6.45, 7) is 4.84. The molecule has 0 atom stereocenters. The molecule has 4 rings (SSSR count). The number of likely N-dealkylation sites (N-methyl/N-ethyl adjacent to an activating group) is 1. The summed E-state index contributed by atoms with van der Waals surface area (Å²) in [6, 6.07) is 22.2. The van der Waals surface area contributed by atoms with Crippen LogP contribution in [0, 0.1) is 17.1 Å². The van der Waals surface area contributed by atoms with E-state index in [0.717, 1.165) is 22.4 Å². The normalized spacial score (nSPS) is 10.9. The number of carbonyl (C=O) groups is 1. The lowest BCUT2D eigenvalue weighted by atomic mass is 9.95. The van der Waals surface area contributed by atoms with Crippen molar-refractivity contribution < 1.29 is 18.7 Å². The van der Waals surface area contributed by atoms with E-state index in [1.54, 1.807) is 24.9 Å². The second-order valence-electron chi connectivity index (χ2n) is 8.57. The predicted molar refractivity (Wildman–Crippen MR) is 141 cm³/mol. The van der Waals surface area contributed by atoms with Crippen molar-refractivity contribution in [1.29, 1.82) is 5.26 Å². The number of halogens is 1. The molecule has 4 aromatic rings. The van der Waals surface area contributed by atoms with Gasteiger partial charge in [-0.05, 0) is 56.3 Å². The molecular weight excluding hydrogens is 469 g/mol. The molecule has 6 nitrogen and oxygen atoms in total. The zero-order valence-corrected chi connectivity index (χ0v) is 21.1. The average molecular weight is 498 g/mol. The summed E-state index contributed by atoms with van der Waals surface area (Å²) in [5, 5.41) is 10.7. The van der Waals surface area contributed by atoms with Crippen LogP contribution in [-0.2, 0) is 16.1 Å². The highest BCUT2D eigenvalue weighted by molar-refractivity contribution is 5.89. The van der Waals surface area contributed by atoms with E-state index in [1.165, 1.54) is 12.1 Å². The molecule has 0 aliphatic heterocycles. The Morgan fingerprint density at radius 2 is 1.76 bits per heavy atom. The topological polar surface area (TPSA) is 75.5 Å². The van der Waals surface area contributed by atoms with Crippen LogP contribution in [0.5, 0.6) is 5.75 Å². The summed E-state index contributed by atoms with van der Waals surface area (Å²) in [5.74, 6) is 0.0157. The summed E-state index contributed by atoms with van der Waals surface area (Å²) in [7, 11) is 1.76. The second kappa shape index (κ2) is 11.6. The minimum absolute atomic E-state index is 0.0428. The standard InChI is InChI=1S/C30H28FN3O3/c1-4-36-28-9-7-6-8-23(28)20-10-12-21(13-11-20)30-25(17-32)26(18-34(3)19-29(35)37-5-2)24-16-22(31)14-15-27(24)33-30/h6-16H,4-5,18-19H2,1-3H3. The zero-order chi connectivity index (χ0) is 26.4. The van der Waals surface area contributed by atoms with Crippen molar-refractivity contribution >= 4 is 16.9 Å². The molecule has 1 aromatic heterocycles. The maximum absolute atomic E-state index is 14.2. The Morgan fingerprint density at radius 3 is 2.46 bits per heavy atom. The smallest absolute Gasteiger partial charge is 0.320 e. The average Bonchev–Trinajstić information content (AvgIpc) is 2.89. The number of rotatable bonds is 9. The van der Waals surface area contributed by atoms with Crippen LogP contribution in [0.2, 0.25) is 0 Å². The van der Waals surface area contributed by atoms with Crippen LogP contribution in [-0.4, -0.2) is 42.7 Å². The molecule has 0 bridgehead atoms. The number of carbonyl (C=O) groups excluding carboxylic acids is 1. The van der Waals surface area contributed by atoms with Crippen molar-refractivity contribution in [2.45, 2.75) is 20.4 Å². The Morgan fingerprint density at radius 1 is 1.03 bits per heavy atom. The van der Waals surface area contributed by atoms with E-state index >= 15 is 0 Å². The van der Waals surface area contributed by atoms with Crippen LogP contribution < -0.4 is 4.74 Å². The van der Waals surface area contributed by atoms with E-state index in [1.807, 2.05) is 55.5 Å². The Hall–Kier alpha value is -4.28. The molecule has 0 radical (unpaired) electrons. The highest BCUT2D eigenvalue weighted by Gasteiger charge is 2.20. The molecule has 0 unspecified atom stereocenters. The molecule has 0 spiro atoms. The lowest BCUT2D eigenvalue weighted by molar-refractivity contribution is -0.144. The lowest BCUT2D eigenvalue weighted by Crippen LogP contribution is -2.27. The third kappa shape index (κ3) is 5.76. The van der Waals surface area contributed by atoms with Crippen molar-refractivity contribution in [3.8, 4) is 34.2 Å². The number of benzene rings is 3. The molecule has 0 saturated carbocycles. The number of para-hydroxylation sites is 1. The first kappa shape index (κ1) is 25.8. The van der Waals surface area contributed by atoms with Gasteiger partial charge in [-0.2, -0.15) is 5.26 Å². The van der Waals surface area contributed by atoms with Crippen LogP contribution in [0.4, 0.5) is 4.39 Å². The quantitative estimate of drug-likeness (QED) is 0.265. The fraction of sp³-hybridized carbons (Fsp3) is 0.233. The predicted octanol–water partition coefficient (Wildman–Crippen LogP) is 5.97. The number of fused-ring (bicyclic) bond motifs is 1. The summed E-state index contributed by atoms with van der Waals surface area (Å²) < 4.78 is 25.0. The van der Waals surface area contributed by atoms with Gasteiger partial charge in [0.15, 0.2) is 0 Å². The first-order chi connectivity index (χ1) is 17.9. The van der Waals surface area contributed by atoms with Crippen LogP contribution in [0.3, 0.4) is 0 Å². The Bertz CT molecular complexity index is 1460. The number of esters is 1. The minimum atomic E-state index is -0.419. The maximum atomic E-state index is 14.2. The second-order valence-corrected chi connectivity index (χ2v) is 8.57. The summed E-state index contributed by atoms with van der Waals surface area (Å²) in [4.78, 5) is 18.5. The molecule has 37 heavy (non-hydrogen) atoms. The molecule has 0 aliphatic carbocycles. The van der Waals surface area contributed by atoms with Gasteiger partial charge in [-0.1, -0.05) is 42.5 Å². The minimum Gasteiger partial charge on any atom is -0.493 e. The Balaban J connectivity index is 1.78. The fourth-order valence-electron chi connectivity index (χ4n) is 4.34. The lowest BCUT2D eigenvalue weighted by Gasteiger charge is -2.19. The fourth-order valence-corrected chi connectivity index (χ4v) is 4.34. The SMILES string of the molecule is CCOC(=O)CN(C)Cc1c(C#N)c(-c2ccc(-c3ccccc3OCC)cc2)nc2ccc(F)cc12. The molecule has 0 fully saturated rings. The molecule has 0 aliphatic rings. The Labute approximate surface area is 215 Å². The van der Waals surface area contributed by atoms with Crippen molar-refractivity contribution in [1.82, 2.24) is 9.88 Å². The highest BCUT2D eigenvalue weighted by Crippen LogP contribution is 2.34. The van der Waals surface area contributed by atoms with Gasteiger partial charge in [0.2, 0.25) is 0 Å². The third-order valence-electron chi connectivity index (χ3n) is 5.95. The van der Waals surface area contributed by atoms with Gasteiger partial charge in [0, 0.05) is 23.1 Å². The van der Waals surface area contributed by atoms with Gasteiger partial charge in [0.05, 0.1) is 36.5 Å². The molecule has 0 amide bonds. The number of nitrogens with zero attached hydrogens (tertiary/aromatic N) is 3. The van der Waals surface area contributed by atoms with Crippen molar-refractivity contribution in [2.24, 2.45) is 0 Å². The zero-order valence-electron chi connectivity index (χ0n) is 21.1. The molecule has 7 heteroatoms. The number of ether oxygens (including phenoxy) is 2. The monoisotopic (exact) mass is 497 g/mol. The summed E-state index contributed by atoms with van der Waals surface area (Å²) in [6.07, 6.45) is 0. The third-order valence-corrected chi connectivity index (χ3v) is 5.95. The van der Waals surface area contributed by atoms with Gasteiger partial charge in [-0.15, -0.1) is 0 Å². The molecule has 1 heterocycles. The van der Waals surface area contributed by atoms with Gasteiger partial charge < -0.3 is 9.47 Å². The molecule has 0 saturated heterocycles. The molecule has 3 aromatic carbocycles. The van der Waals surface area contributed by atoms with Gasteiger partial charge in [0.25, 0.3) is 0 Å². The van der Waals surface area contributed by atoms with Crippen molar-refractivity contribution in [3.63, 3.8) is 0 Å². The highest BCUT2D eigenvalue weighted by atomic mass is 19.1. The molecule has 0 N–H and O–H groups in total. The van der Waals surface area contributed by atoms with E-state index in [4.69, 9.17) is 14.5 Å². The first-order valence-electron chi connectivity index (χ1n) is 12.1. The van der Waals surface area contributed by atoms with Gasteiger partial charge in [-0.25, -0.2) is 9.37 Å². The number of hydrogen-bond donors (Lipinski definition) is 0. The first-order valence-corrected chi connectivity index (χ1v) is 12.1. The molecular formula is C30H28FN3O3. The van der Waals surface area contributed by atoms with Crippen LogP contribution in [0.1, 0.15) is 25.0 Å². The van der Waals surface area contributed by atoms with E-state index in [2.05, 4.69) is 6.07 Å². The van der Waals surface area contributed by atoms with E-state index in [-0.39, 0.29) is 25.7 Å². The maximum Gasteiger partial charge on any atom is 0.320 e. The summed E-state index contributed by atoms with van der Waals surface area (Å²) >= 11 is 0. The van der Waals surface area contributed by atoms with Gasteiger partial charge >= 0.3 is 5.97 Å². The van der Waals surface area contributed by atoms with Crippen LogP contribution >= 0.6 is 0 Å². The van der Waals surface area contributed by atoms with E-state index in [9.17, 15) is 14.4 Å². The Kier molecular flexibility index (Phi) is 8.11. The summed E-state index contributed by atoms with van der Waals surface area (Å²) in [5.41, 5.74) is 4.74. The van der Waals surface area contributed by atoms with E-state index in [0.29, 0.717) is 34.3 Å². The number of hydrogen-bond acceptors (Lipinski definition) is 6. The number of nitriles is 1. The van der Waals surface area contributed by atoms with Gasteiger partial charge in [-0.3, -0.25) is 9.69 Å². The van der Waals surface area contributed by atoms with Crippen molar-refractivity contribution in [3.05, 3.63) is 83.7 Å². The van der Waals surface area contributed by atoms with Crippen LogP contribution in [0.15, 0.2) is 66.7 Å². The van der Waals surface area contributed by atoms with Crippen molar-refractivity contribution in [2.75, 3.05) is 26.8 Å². The largest absolute Gasteiger partial charge is 0.493 e.